The highest BCUT2D eigenvalue weighted by atomic mass is 19.1. The molecule has 0 spiro atoms. The molecule has 19 heavy (non-hydrogen) atoms. The molecule has 0 amide bonds. The van der Waals surface area contributed by atoms with Crippen molar-refractivity contribution in [2.24, 2.45) is 0 Å². The van der Waals surface area contributed by atoms with Crippen molar-refractivity contribution in [1.29, 1.82) is 0 Å². The molecule has 0 radical (unpaired) electrons. The molecule has 0 unspecified atom stereocenters. The summed E-state index contributed by atoms with van der Waals surface area (Å²) in [5.74, 6) is -0.841. The molecular weight excluding hydrogens is 251 g/mol. The van der Waals surface area contributed by atoms with Crippen LogP contribution in [0.2, 0.25) is 0 Å². The average molecular weight is 264 g/mol. The minimum Gasteiger partial charge on any atom is -0.381 e. The second-order valence-electron chi connectivity index (χ2n) is 4.19. The molecule has 100 valence electrons. The number of benzene rings is 1. The molecule has 0 fully saturated rings. The van der Waals surface area contributed by atoms with Gasteiger partial charge in [0.15, 0.2) is 0 Å². The summed E-state index contributed by atoms with van der Waals surface area (Å²) in [6, 6.07) is 3.72. The minimum atomic E-state index is -0.841. The van der Waals surface area contributed by atoms with Gasteiger partial charge in [-0.3, -0.25) is 15.2 Å². The summed E-state index contributed by atoms with van der Waals surface area (Å²) in [6.45, 7) is 4.23. The Balaban J connectivity index is 2.16. The Labute approximate surface area is 108 Å². The van der Waals surface area contributed by atoms with E-state index in [1.165, 1.54) is 12.1 Å². The summed E-state index contributed by atoms with van der Waals surface area (Å²) in [4.78, 5) is 9.90. The van der Waals surface area contributed by atoms with Crippen LogP contribution < -0.4 is 5.32 Å². The summed E-state index contributed by atoms with van der Waals surface area (Å²) in [5, 5.41) is 20.6. The zero-order valence-electron chi connectivity index (χ0n) is 10.5. The highest BCUT2D eigenvalue weighted by molar-refractivity contribution is 5.52. The number of nitro benzene ring substituents is 1. The maximum atomic E-state index is 13.2. The third-order valence-corrected chi connectivity index (χ3v) is 2.89. The van der Waals surface area contributed by atoms with Crippen molar-refractivity contribution in [2.45, 2.75) is 20.4 Å². The van der Waals surface area contributed by atoms with Crippen molar-refractivity contribution in [3.63, 3.8) is 0 Å². The number of H-pyrrole nitrogens is 1. The molecule has 7 heteroatoms. The van der Waals surface area contributed by atoms with E-state index in [0.29, 0.717) is 12.2 Å². The smallest absolute Gasteiger partial charge is 0.306 e. The Morgan fingerprint density at radius 3 is 2.79 bits per heavy atom. The Morgan fingerprint density at radius 2 is 2.21 bits per heavy atom. The molecule has 6 nitrogen and oxygen atoms in total. The lowest BCUT2D eigenvalue weighted by atomic mass is 10.2. The number of hydrogen-bond donors (Lipinski definition) is 2. The van der Waals surface area contributed by atoms with Crippen LogP contribution in [0.15, 0.2) is 18.2 Å². The number of nitro groups is 1. The standard InChI is InChI=1S/C12H13FN4O2/c1-7-10(8(2)16-15-7)6-14-9-3-4-11(13)12(5-9)17(18)19/h3-5,14H,6H2,1-2H3,(H,15,16). The van der Waals surface area contributed by atoms with Crippen LogP contribution in [0.25, 0.3) is 0 Å². The van der Waals surface area contributed by atoms with Gasteiger partial charge in [-0.05, 0) is 26.0 Å². The van der Waals surface area contributed by atoms with E-state index < -0.39 is 16.4 Å². The molecule has 0 aliphatic heterocycles. The fraction of sp³-hybridized carbons (Fsp3) is 0.250. The highest BCUT2D eigenvalue weighted by Gasteiger charge is 2.14. The number of nitrogens with one attached hydrogen (secondary N) is 2. The van der Waals surface area contributed by atoms with Crippen LogP contribution in [-0.4, -0.2) is 15.1 Å². The minimum absolute atomic E-state index is 0.469. The number of nitrogens with zero attached hydrogens (tertiary/aromatic N) is 2. The Bertz CT molecular complexity index is 605. The first-order valence-electron chi connectivity index (χ1n) is 5.67. The molecule has 1 heterocycles. The Hall–Kier alpha value is -2.44. The second kappa shape index (κ2) is 5.05. The quantitative estimate of drug-likeness (QED) is 0.656. The zero-order valence-corrected chi connectivity index (χ0v) is 10.5. The van der Waals surface area contributed by atoms with Gasteiger partial charge in [-0.1, -0.05) is 0 Å². The van der Waals surface area contributed by atoms with Gasteiger partial charge in [0.25, 0.3) is 0 Å². The number of rotatable bonds is 4. The SMILES string of the molecule is Cc1n[nH]c(C)c1CNc1ccc(F)c([N+](=O)[O-])c1. The third kappa shape index (κ3) is 2.70. The number of aryl methyl sites for hydroxylation is 2. The molecule has 2 rings (SSSR count). The average Bonchev–Trinajstić information content (AvgIpc) is 2.68. The van der Waals surface area contributed by atoms with Crippen LogP contribution >= 0.6 is 0 Å². The maximum Gasteiger partial charge on any atom is 0.306 e. The monoisotopic (exact) mass is 264 g/mol. The normalized spacial score (nSPS) is 10.5. The largest absolute Gasteiger partial charge is 0.381 e. The molecule has 1 aromatic heterocycles. The predicted octanol–water partition coefficient (Wildman–Crippen LogP) is 2.69. The first-order chi connectivity index (χ1) is 8.99. The van der Waals surface area contributed by atoms with E-state index >= 15 is 0 Å². The predicted molar refractivity (Wildman–Crippen MR) is 68.4 cm³/mol. The number of hydrogen-bond acceptors (Lipinski definition) is 4. The number of halogens is 1. The van der Waals surface area contributed by atoms with Gasteiger partial charge in [0.2, 0.25) is 5.82 Å². The third-order valence-electron chi connectivity index (χ3n) is 2.89. The van der Waals surface area contributed by atoms with Crippen LogP contribution in [0.4, 0.5) is 15.8 Å². The molecule has 2 aromatic rings. The fourth-order valence-corrected chi connectivity index (χ4v) is 1.79. The summed E-state index contributed by atoms with van der Waals surface area (Å²) >= 11 is 0. The van der Waals surface area contributed by atoms with E-state index in [0.717, 1.165) is 23.0 Å². The summed E-state index contributed by atoms with van der Waals surface area (Å²) < 4.78 is 13.2. The molecule has 0 aliphatic carbocycles. The van der Waals surface area contributed by atoms with E-state index in [2.05, 4.69) is 15.5 Å². The molecule has 0 bridgehead atoms. The van der Waals surface area contributed by atoms with Crippen molar-refractivity contribution in [2.75, 3.05) is 5.32 Å². The van der Waals surface area contributed by atoms with Gasteiger partial charge in [0.05, 0.1) is 10.6 Å². The summed E-state index contributed by atoms with van der Waals surface area (Å²) in [6.07, 6.45) is 0. The van der Waals surface area contributed by atoms with Crippen LogP contribution in [0.5, 0.6) is 0 Å². The topological polar surface area (TPSA) is 83.8 Å². The van der Waals surface area contributed by atoms with E-state index in [9.17, 15) is 14.5 Å². The van der Waals surface area contributed by atoms with Crippen LogP contribution in [0.3, 0.4) is 0 Å². The van der Waals surface area contributed by atoms with Gasteiger partial charge in [0, 0.05) is 29.6 Å². The van der Waals surface area contributed by atoms with E-state index in [1.54, 1.807) is 0 Å². The van der Waals surface area contributed by atoms with Crippen LogP contribution in [-0.2, 0) is 6.54 Å². The molecule has 1 aromatic carbocycles. The molecule has 0 aliphatic rings. The second-order valence-corrected chi connectivity index (χ2v) is 4.19. The van der Waals surface area contributed by atoms with Crippen molar-refractivity contribution < 1.29 is 9.31 Å². The lowest BCUT2D eigenvalue weighted by Crippen LogP contribution is -2.02. The number of anilines is 1. The molecule has 0 atom stereocenters. The van der Waals surface area contributed by atoms with E-state index in [4.69, 9.17) is 0 Å². The van der Waals surface area contributed by atoms with E-state index in [-0.39, 0.29) is 0 Å². The first kappa shape index (κ1) is 13.0. The first-order valence-corrected chi connectivity index (χ1v) is 5.67. The van der Waals surface area contributed by atoms with Gasteiger partial charge >= 0.3 is 5.69 Å². The molecule has 0 saturated heterocycles. The van der Waals surface area contributed by atoms with Crippen molar-refractivity contribution in [3.05, 3.63) is 51.1 Å². The number of aromatic nitrogens is 2. The zero-order chi connectivity index (χ0) is 14.0. The Kier molecular flexibility index (Phi) is 3.46. The summed E-state index contributed by atoms with van der Waals surface area (Å²) in [5.41, 5.74) is 2.74. The molecular formula is C12H13FN4O2. The van der Waals surface area contributed by atoms with Gasteiger partial charge in [-0.2, -0.15) is 9.49 Å². The molecule has 0 saturated carbocycles. The number of aromatic amines is 1. The lowest BCUT2D eigenvalue weighted by Gasteiger charge is -2.06. The van der Waals surface area contributed by atoms with E-state index in [1.807, 2.05) is 13.8 Å². The van der Waals surface area contributed by atoms with Crippen molar-refractivity contribution >= 4 is 11.4 Å². The fourth-order valence-electron chi connectivity index (χ4n) is 1.79. The van der Waals surface area contributed by atoms with Gasteiger partial charge in [-0.25, -0.2) is 0 Å². The van der Waals surface area contributed by atoms with Gasteiger partial charge in [0.1, 0.15) is 0 Å². The summed E-state index contributed by atoms with van der Waals surface area (Å²) in [7, 11) is 0. The van der Waals surface area contributed by atoms with Crippen LogP contribution in [0, 0.1) is 29.8 Å². The van der Waals surface area contributed by atoms with Crippen molar-refractivity contribution in [3.8, 4) is 0 Å². The highest BCUT2D eigenvalue weighted by Crippen LogP contribution is 2.22. The van der Waals surface area contributed by atoms with Crippen molar-refractivity contribution in [1.82, 2.24) is 10.2 Å². The molecule has 2 N–H and O–H groups in total. The van der Waals surface area contributed by atoms with Crippen LogP contribution in [0.1, 0.15) is 17.0 Å². The Morgan fingerprint density at radius 1 is 1.47 bits per heavy atom. The lowest BCUT2D eigenvalue weighted by molar-refractivity contribution is -0.387. The van der Waals surface area contributed by atoms with Gasteiger partial charge < -0.3 is 5.32 Å². The van der Waals surface area contributed by atoms with Gasteiger partial charge in [-0.15, -0.1) is 0 Å². The maximum absolute atomic E-state index is 13.2.